The SMILES string of the molecule is NN[C@H]1CN2CCC1CC2. The van der Waals surface area contributed by atoms with E-state index in [0.29, 0.717) is 6.04 Å². The summed E-state index contributed by atoms with van der Waals surface area (Å²) in [6, 6.07) is 0.572. The maximum Gasteiger partial charge on any atom is 0.0366 e. The standard InChI is InChI=1S/C7H15N3/c8-9-7-5-10-3-1-6(7)2-4-10/h6-7,9H,1-5,8H2/t7-/m0/s1. The Morgan fingerprint density at radius 1 is 1.30 bits per heavy atom. The lowest BCUT2D eigenvalue weighted by atomic mass is 9.84. The second-order valence-corrected chi connectivity index (χ2v) is 3.41. The average molecular weight is 141 g/mol. The fraction of sp³-hybridized carbons (Fsp3) is 1.00. The van der Waals surface area contributed by atoms with Gasteiger partial charge in [0.1, 0.15) is 0 Å². The molecule has 3 heteroatoms. The third-order valence-corrected chi connectivity index (χ3v) is 2.87. The summed E-state index contributed by atoms with van der Waals surface area (Å²) in [5, 5.41) is 0. The number of hydrazine groups is 1. The van der Waals surface area contributed by atoms with Crippen molar-refractivity contribution >= 4 is 0 Å². The number of nitrogens with two attached hydrogens (primary N) is 1. The lowest BCUT2D eigenvalue weighted by Gasteiger charge is -2.44. The Morgan fingerprint density at radius 2 is 2.00 bits per heavy atom. The molecule has 3 rings (SSSR count). The average Bonchev–Trinajstić information content (AvgIpc) is 2.06. The van der Waals surface area contributed by atoms with Crippen molar-refractivity contribution in [1.29, 1.82) is 0 Å². The van der Waals surface area contributed by atoms with Crippen molar-refractivity contribution in [2.24, 2.45) is 11.8 Å². The van der Waals surface area contributed by atoms with Crippen molar-refractivity contribution in [3.63, 3.8) is 0 Å². The first-order valence-corrected chi connectivity index (χ1v) is 4.08. The van der Waals surface area contributed by atoms with E-state index in [-0.39, 0.29) is 0 Å². The normalized spacial score (nSPS) is 45.9. The van der Waals surface area contributed by atoms with E-state index in [1.165, 1.54) is 32.5 Å². The Kier molecular flexibility index (Phi) is 1.64. The number of nitrogens with zero attached hydrogens (tertiary/aromatic N) is 1. The highest BCUT2D eigenvalue weighted by Crippen LogP contribution is 2.26. The van der Waals surface area contributed by atoms with E-state index in [9.17, 15) is 0 Å². The molecular weight excluding hydrogens is 126 g/mol. The number of hydrogen-bond acceptors (Lipinski definition) is 3. The summed E-state index contributed by atoms with van der Waals surface area (Å²) in [4.78, 5) is 2.49. The third-order valence-electron chi connectivity index (χ3n) is 2.87. The van der Waals surface area contributed by atoms with Gasteiger partial charge >= 0.3 is 0 Å². The molecule has 3 N–H and O–H groups in total. The molecule has 3 saturated heterocycles. The van der Waals surface area contributed by atoms with Gasteiger partial charge in [-0.1, -0.05) is 0 Å². The molecule has 0 unspecified atom stereocenters. The summed E-state index contributed by atoms with van der Waals surface area (Å²) in [5.74, 6) is 6.27. The number of nitrogens with one attached hydrogen (secondary N) is 1. The van der Waals surface area contributed by atoms with Gasteiger partial charge in [0.15, 0.2) is 0 Å². The van der Waals surface area contributed by atoms with Gasteiger partial charge in [-0.2, -0.15) is 0 Å². The monoisotopic (exact) mass is 141 g/mol. The van der Waals surface area contributed by atoms with Crippen LogP contribution in [-0.2, 0) is 0 Å². The van der Waals surface area contributed by atoms with Crippen LogP contribution in [0.15, 0.2) is 0 Å². The van der Waals surface area contributed by atoms with Crippen molar-refractivity contribution in [3.8, 4) is 0 Å². The molecule has 1 atom stereocenters. The van der Waals surface area contributed by atoms with Crippen LogP contribution < -0.4 is 11.3 Å². The van der Waals surface area contributed by atoms with Gasteiger partial charge in [0.05, 0.1) is 0 Å². The molecule has 0 saturated carbocycles. The van der Waals surface area contributed by atoms with Crippen LogP contribution in [0.1, 0.15) is 12.8 Å². The summed E-state index contributed by atoms with van der Waals surface area (Å²) in [6.45, 7) is 3.76. The predicted molar refractivity (Wildman–Crippen MR) is 40.3 cm³/mol. The molecule has 3 heterocycles. The minimum Gasteiger partial charge on any atom is -0.302 e. The molecule has 58 valence electrons. The number of fused-ring (bicyclic) bond motifs is 3. The molecule has 0 aromatic carbocycles. The van der Waals surface area contributed by atoms with Crippen LogP contribution in [0, 0.1) is 5.92 Å². The maximum absolute atomic E-state index is 5.41. The van der Waals surface area contributed by atoms with Gasteiger partial charge in [0.25, 0.3) is 0 Å². The van der Waals surface area contributed by atoms with E-state index in [0.717, 1.165) is 5.92 Å². The van der Waals surface area contributed by atoms with E-state index < -0.39 is 0 Å². The first kappa shape index (κ1) is 6.58. The fourth-order valence-electron chi connectivity index (χ4n) is 2.15. The Balaban J connectivity index is 2.01. The topological polar surface area (TPSA) is 41.3 Å². The second-order valence-electron chi connectivity index (χ2n) is 3.41. The quantitative estimate of drug-likeness (QED) is 0.383. The van der Waals surface area contributed by atoms with Gasteiger partial charge in [-0.15, -0.1) is 0 Å². The predicted octanol–water partition coefficient (Wildman–Crippen LogP) is -0.456. The molecule has 0 spiro atoms. The minimum atomic E-state index is 0.572. The molecule has 3 fully saturated rings. The lowest BCUT2D eigenvalue weighted by Crippen LogP contribution is -2.57. The zero-order valence-electron chi connectivity index (χ0n) is 6.21. The van der Waals surface area contributed by atoms with E-state index in [1.807, 2.05) is 0 Å². The molecule has 0 amide bonds. The molecule has 0 aromatic heterocycles. The number of hydrogen-bond donors (Lipinski definition) is 2. The van der Waals surface area contributed by atoms with E-state index >= 15 is 0 Å². The number of rotatable bonds is 1. The van der Waals surface area contributed by atoms with Gasteiger partial charge < -0.3 is 4.90 Å². The molecule has 10 heavy (non-hydrogen) atoms. The summed E-state index contributed by atoms with van der Waals surface area (Å²) in [5.41, 5.74) is 2.89. The van der Waals surface area contributed by atoms with Crippen molar-refractivity contribution in [2.75, 3.05) is 19.6 Å². The van der Waals surface area contributed by atoms with Crippen molar-refractivity contribution < 1.29 is 0 Å². The van der Waals surface area contributed by atoms with Crippen LogP contribution in [0.5, 0.6) is 0 Å². The zero-order valence-corrected chi connectivity index (χ0v) is 6.21. The Labute approximate surface area is 61.5 Å². The Hall–Kier alpha value is -0.120. The van der Waals surface area contributed by atoms with E-state index in [1.54, 1.807) is 0 Å². The first-order chi connectivity index (χ1) is 4.90. The molecule has 2 bridgehead atoms. The highest BCUT2D eigenvalue weighted by Gasteiger charge is 2.32. The van der Waals surface area contributed by atoms with Gasteiger partial charge in [-0.25, -0.2) is 0 Å². The van der Waals surface area contributed by atoms with Gasteiger partial charge in [0, 0.05) is 12.6 Å². The minimum absolute atomic E-state index is 0.572. The molecule has 0 radical (unpaired) electrons. The molecule has 3 nitrogen and oxygen atoms in total. The molecule has 0 aromatic rings. The van der Waals surface area contributed by atoms with Crippen LogP contribution in [0.3, 0.4) is 0 Å². The third kappa shape index (κ3) is 0.944. The van der Waals surface area contributed by atoms with E-state index in [2.05, 4.69) is 10.3 Å². The van der Waals surface area contributed by atoms with Crippen molar-refractivity contribution in [1.82, 2.24) is 10.3 Å². The van der Waals surface area contributed by atoms with Crippen LogP contribution in [0.4, 0.5) is 0 Å². The summed E-state index contributed by atoms with van der Waals surface area (Å²) in [6.07, 6.45) is 2.68. The second kappa shape index (κ2) is 2.49. The maximum atomic E-state index is 5.41. The van der Waals surface area contributed by atoms with Gasteiger partial charge in [-0.3, -0.25) is 11.3 Å². The van der Waals surface area contributed by atoms with Crippen molar-refractivity contribution in [2.45, 2.75) is 18.9 Å². The molecular formula is C7H15N3. The molecule has 0 aliphatic carbocycles. The van der Waals surface area contributed by atoms with Crippen molar-refractivity contribution in [3.05, 3.63) is 0 Å². The van der Waals surface area contributed by atoms with E-state index in [4.69, 9.17) is 5.84 Å². The van der Waals surface area contributed by atoms with Crippen LogP contribution in [0.25, 0.3) is 0 Å². The summed E-state index contributed by atoms with van der Waals surface area (Å²) in [7, 11) is 0. The number of piperidine rings is 3. The molecule has 3 aliphatic heterocycles. The highest BCUT2D eigenvalue weighted by atomic mass is 15.3. The molecule has 3 aliphatic rings. The van der Waals surface area contributed by atoms with Crippen LogP contribution in [0.2, 0.25) is 0 Å². The summed E-state index contributed by atoms with van der Waals surface area (Å²) < 4.78 is 0. The van der Waals surface area contributed by atoms with Gasteiger partial charge in [0.2, 0.25) is 0 Å². The first-order valence-electron chi connectivity index (χ1n) is 4.08. The van der Waals surface area contributed by atoms with Crippen LogP contribution in [-0.4, -0.2) is 30.6 Å². The Morgan fingerprint density at radius 3 is 2.30 bits per heavy atom. The zero-order chi connectivity index (χ0) is 6.97. The highest BCUT2D eigenvalue weighted by molar-refractivity contribution is 4.89. The van der Waals surface area contributed by atoms with Crippen LogP contribution >= 0.6 is 0 Å². The Bertz CT molecular complexity index is 118. The largest absolute Gasteiger partial charge is 0.302 e. The lowest BCUT2D eigenvalue weighted by molar-refractivity contribution is 0.0730. The van der Waals surface area contributed by atoms with Gasteiger partial charge in [-0.05, 0) is 31.8 Å². The summed E-state index contributed by atoms with van der Waals surface area (Å²) >= 11 is 0. The fourth-order valence-corrected chi connectivity index (χ4v) is 2.15. The smallest absolute Gasteiger partial charge is 0.0366 e.